The monoisotopic (exact) mass is 358 g/mol. The van der Waals surface area contributed by atoms with E-state index in [1.54, 1.807) is 0 Å². The molecule has 25 heavy (non-hydrogen) atoms. The highest BCUT2D eigenvalue weighted by molar-refractivity contribution is 5.77. The van der Waals surface area contributed by atoms with Gasteiger partial charge in [0.2, 0.25) is 11.8 Å². The normalized spacial score (nSPS) is 11.3. The van der Waals surface area contributed by atoms with Gasteiger partial charge >= 0.3 is 11.9 Å². The summed E-state index contributed by atoms with van der Waals surface area (Å²) in [6, 6.07) is -0.174. The Kier molecular flexibility index (Phi) is 13.0. The molecule has 8 heteroatoms. The van der Waals surface area contributed by atoms with Gasteiger partial charge < -0.3 is 20.1 Å². The lowest BCUT2D eigenvalue weighted by Crippen LogP contribution is -2.41. The number of hydrogen-bond acceptors (Lipinski definition) is 6. The van der Waals surface area contributed by atoms with Crippen LogP contribution < -0.4 is 10.6 Å². The van der Waals surface area contributed by atoms with Crippen LogP contribution in [0.1, 0.15) is 58.3 Å². The summed E-state index contributed by atoms with van der Waals surface area (Å²) >= 11 is 0. The molecule has 0 aromatic heterocycles. The summed E-state index contributed by atoms with van der Waals surface area (Å²) in [5, 5.41) is 5.54. The number of carbonyl (C=O) groups excluding carboxylic acids is 4. The van der Waals surface area contributed by atoms with E-state index in [-0.39, 0.29) is 29.8 Å². The number of unbranched alkanes of at least 4 members (excludes halogenated alkanes) is 2. The Bertz CT molecular complexity index is 439. The SMILES string of the molecule is COC(=O)CCCCC(=O)NCC(C)NC(=O)CCCCC(=O)OC. The zero-order valence-corrected chi connectivity index (χ0v) is 15.4. The fraction of sp³-hybridized carbons (Fsp3) is 0.765. The van der Waals surface area contributed by atoms with E-state index in [9.17, 15) is 19.2 Å². The fourth-order valence-corrected chi connectivity index (χ4v) is 2.07. The van der Waals surface area contributed by atoms with Gasteiger partial charge in [0.05, 0.1) is 14.2 Å². The molecule has 0 spiro atoms. The van der Waals surface area contributed by atoms with Gasteiger partial charge in [0.1, 0.15) is 0 Å². The van der Waals surface area contributed by atoms with Crippen LogP contribution in [-0.2, 0) is 28.7 Å². The second kappa shape index (κ2) is 14.2. The molecule has 2 amide bonds. The first kappa shape index (κ1) is 22.9. The van der Waals surface area contributed by atoms with E-state index in [0.717, 1.165) is 0 Å². The van der Waals surface area contributed by atoms with Crippen LogP contribution in [0.3, 0.4) is 0 Å². The predicted octanol–water partition coefficient (Wildman–Crippen LogP) is 1.07. The van der Waals surface area contributed by atoms with Crippen molar-refractivity contribution >= 4 is 23.8 Å². The van der Waals surface area contributed by atoms with Crippen LogP contribution in [0.15, 0.2) is 0 Å². The number of nitrogens with one attached hydrogen (secondary N) is 2. The zero-order chi connectivity index (χ0) is 19.1. The number of amides is 2. The first-order valence-corrected chi connectivity index (χ1v) is 8.58. The Balaban J connectivity index is 3.68. The lowest BCUT2D eigenvalue weighted by Gasteiger charge is -2.14. The molecule has 0 aliphatic heterocycles. The van der Waals surface area contributed by atoms with Crippen molar-refractivity contribution in [1.29, 1.82) is 0 Å². The van der Waals surface area contributed by atoms with Gasteiger partial charge in [-0.15, -0.1) is 0 Å². The molecule has 0 aliphatic carbocycles. The third-order valence-corrected chi connectivity index (χ3v) is 3.54. The average molecular weight is 358 g/mol. The lowest BCUT2D eigenvalue weighted by atomic mass is 10.1. The minimum Gasteiger partial charge on any atom is -0.469 e. The van der Waals surface area contributed by atoms with Crippen molar-refractivity contribution < 1.29 is 28.7 Å². The molecule has 0 saturated carbocycles. The molecule has 0 rings (SSSR count). The van der Waals surface area contributed by atoms with Gasteiger partial charge in [-0.2, -0.15) is 0 Å². The molecule has 0 heterocycles. The molecule has 0 aliphatic rings. The van der Waals surface area contributed by atoms with Crippen LogP contribution in [0.25, 0.3) is 0 Å². The quantitative estimate of drug-likeness (QED) is 0.376. The Morgan fingerprint density at radius 3 is 1.68 bits per heavy atom. The molecule has 0 saturated heterocycles. The van der Waals surface area contributed by atoms with Gasteiger partial charge in [0, 0.05) is 38.3 Å². The van der Waals surface area contributed by atoms with Crippen molar-refractivity contribution in [3.63, 3.8) is 0 Å². The maximum absolute atomic E-state index is 11.7. The van der Waals surface area contributed by atoms with Crippen molar-refractivity contribution in [2.75, 3.05) is 20.8 Å². The molecule has 1 unspecified atom stereocenters. The summed E-state index contributed by atoms with van der Waals surface area (Å²) in [5.41, 5.74) is 0. The molecule has 2 N–H and O–H groups in total. The summed E-state index contributed by atoms with van der Waals surface area (Å²) in [4.78, 5) is 45.3. The van der Waals surface area contributed by atoms with E-state index < -0.39 is 0 Å². The van der Waals surface area contributed by atoms with E-state index in [4.69, 9.17) is 0 Å². The van der Waals surface area contributed by atoms with E-state index in [0.29, 0.717) is 57.9 Å². The zero-order valence-electron chi connectivity index (χ0n) is 15.4. The molecule has 0 aromatic rings. The lowest BCUT2D eigenvalue weighted by molar-refractivity contribution is -0.141. The van der Waals surface area contributed by atoms with Crippen molar-refractivity contribution in [3.8, 4) is 0 Å². The number of esters is 2. The van der Waals surface area contributed by atoms with Crippen molar-refractivity contribution in [1.82, 2.24) is 10.6 Å². The summed E-state index contributed by atoms with van der Waals surface area (Å²) in [5.74, 6) is -0.764. The number of carbonyl (C=O) groups is 4. The Hall–Kier alpha value is -2.12. The Labute approximate surface area is 149 Å². The first-order chi connectivity index (χ1) is 11.9. The van der Waals surface area contributed by atoms with Gasteiger partial charge in [0.25, 0.3) is 0 Å². The van der Waals surface area contributed by atoms with Crippen molar-refractivity contribution in [3.05, 3.63) is 0 Å². The van der Waals surface area contributed by atoms with Crippen molar-refractivity contribution in [2.24, 2.45) is 0 Å². The Morgan fingerprint density at radius 1 is 0.760 bits per heavy atom. The topological polar surface area (TPSA) is 111 Å². The maximum atomic E-state index is 11.7. The molecule has 144 valence electrons. The minimum absolute atomic E-state index is 0.107. The van der Waals surface area contributed by atoms with Crippen LogP contribution in [0.2, 0.25) is 0 Å². The number of rotatable bonds is 13. The van der Waals surface area contributed by atoms with Crippen LogP contribution in [0.5, 0.6) is 0 Å². The van der Waals surface area contributed by atoms with Gasteiger partial charge in [-0.1, -0.05) is 0 Å². The number of ether oxygens (including phenoxy) is 2. The van der Waals surface area contributed by atoms with Gasteiger partial charge in [-0.3, -0.25) is 19.2 Å². The summed E-state index contributed by atoms with van der Waals surface area (Å²) in [6.45, 7) is 2.16. The first-order valence-electron chi connectivity index (χ1n) is 8.58. The highest BCUT2D eigenvalue weighted by atomic mass is 16.5. The van der Waals surface area contributed by atoms with E-state index >= 15 is 0 Å². The molecule has 0 aromatic carbocycles. The predicted molar refractivity (Wildman–Crippen MR) is 91.6 cm³/mol. The molecule has 0 fully saturated rings. The largest absolute Gasteiger partial charge is 0.469 e. The molecular formula is C17H30N2O6. The third-order valence-electron chi connectivity index (χ3n) is 3.54. The molecule has 0 radical (unpaired) electrons. The summed E-state index contributed by atoms with van der Waals surface area (Å²) in [6.07, 6.45) is 3.74. The third kappa shape index (κ3) is 14.0. The summed E-state index contributed by atoms with van der Waals surface area (Å²) < 4.78 is 9.05. The smallest absolute Gasteiger partial charge is 0.305 e. The molecule has 1 atom stereocenters. The molecule has 0 bridgehead atoms. The summed E-state index contributed by atoms with van der Waals surface area (Å²) in [7, 11) is 2.67. The number of hydrogen-bond donors (Lipinski definition) is 2. The van der Waals surface area contributed by atoms with Crippen LogP contribution in [0.4, 0.5) is 0 Å². The van der Waals surface area contributed by atoms with Gasteiger partial charge in [-0.05, 0) is 32.6 Å². The Morgan fingerprint density at radius 2 is 1.20 bits per heavy atom. The second-order valence-corrected chi connectivity index (χ2v) is 5.84. The fourth-order valence-electron chi connectivity index (χ4n) is 2.07. The van der Waals surface area contributed by atoms with Crippen LogP contribution in [-0.4, -0.2) is 50.6 Å². The highest BCUT2D eigenvalue weighted by Crippen LogP contribution is 2.02. The van der Waals surface area contributed by atoms with Crippen molar-refractivity contribution in [2.45, 2.75) is 64.3 Å². The van der Waals surface area contributed by atoms with Crippen LogP contribution in [0, 0.1) is 0 Å². The van der Waals surface area contributed by atoms with E-state index in [1.165, 1.54) is 14.2 Å². The van der Waals surface area contributed by atoms with Gasteiger partial charge in [0.15, 0.2) is 0 Å². The van der Waals surface area contributed by atoms with Gasteiger partial charge in [-0.25, -0.2) is 0 Å². The molecule has 8 nitrogen and oxygen atoms in total. The van der Waals surface area contributed by atoms with Crippen LogP contribution >= 0.6 is 0 Å². The average Bonchev–Trinajstić information content (AvgIpc) is 2.59. The van der Waals surface area contributed by atoms with E-state index in [2.05, 4.69) is 20.1 Å². The minimum atomic E-state index is -0.275. The standard InChI is InChI=1S/C17H30N2O6/c1-13(19-15(21)9-5-7-11-17(23)25-3)12-18-14(20)8-4-6-10-16(22)24-2/h13H,4-12H2,1-3H3,(H,18,20)(H,19,21). The number of methoxy groups -OCH3 is 2. The highest BCUT2D eigenvalue weighted by Gasteiger charge is 2.10. The van der Waals surface area contributed by atoms with E-state index in [1.807, 2.05) is 6.92 Å². The molecular weight excluding hydrogens is 328 g/mol. The maximum Gasteiger partial charge on any atom is 0.305 e. The second-order valence-electron chi connectivity index (χ2n) is 5.84.